The number of benzene rings is 1. The number of methoxy groups -OCH3 is 1. The van der Waals surface area contributed by atoms with Crippen LogP contribution in [0.4, 0.5) is 0 Å². The second-order valence-corrected chi connectivity index (χ2v) is 5.61. The Hall–Kier alpha value is -0.940. The average molecular weight is 280 g/mol. The van der Waals surface area contributed by atoms with Gasteiger partial charge in [-0.1, -0.05) is 38.1 Å². The summed E-state index contributed by atoms with van der Waals surface area (Å²) >= 11 is 0. The molecule has 0 aliphatic heterocycles. The molecule has 114 valence electrons. The summed E-state index contributed by atoms with van der Waals surface area (Å²) in [6, 6.07) is 7.86. The molecule has 4 nitrogen and oxygen atoms in total. The molecule has 1 rings (SSSR count). The van der Waals surface area contributed by atoms with E-state index in [2.05, 4.69) is 18.7 Å². The van der Waals surface area contributed by atoms with E-state index in [0.29, 0.717) is 25.6 Å². The van der Waals surface area contributed by atoms with E-state index in [0.717, 1.165) is 24.2 Å². The molecule has 0 aliphatic rings. The number of ether oxygens (including phenoxy) is 1. The predicted octanol–water partition coefficient (Wildman–Crippen LogP) is 1.78. The van der Waals surface area contributed by atoms with Crippen molar-refractivity contribution in [1.82, 2.24) is 4.90 Å². The molecule has 0 amide bonds. The molecule has 1 aromatic rings. The number of hydrogen-bond donors (Lipinski definition) is 2. The molecule has 1 atom stereocenters. The van der Waals surface area contributed by atoms with Crippen LogP contribution in [0.2, 0.25) is 0 Å². The summed E-state index contributed by atoms with van der Waals surface area (Å²) in [5.41, 5.74) is 7.60. The number of rotatable bonds is 9. The molecule has 0 spiro atoms. The molecule has 0 radical (unpaired) electrons. The fourth-order valence-electron chi connectivity index (χ4n) is 2.22. The zero-order chi connectivity index (χ0) is 15.0. The van der Waals surface area contributed by atoms with Crippen LogP contribution in [0, 0.1) is 5.92 Å². The first kappa shape index (κ1) is 17.1. The normalized spacial score (nSPS) is 13.2. The average Bonchev–Trinajstić information content (AvgIpc) is 2.44. The van der Waals surface area contributed by atoms with E-state index in [1.165, 1.54) is 0 Å². The third kappa shape index (κ3) is 6.01. The van der Waals surface area contributed by atoms with Gasteiger partial charge in [0.1, 0.15) is 0 Å². The maximum Gasteiger partial charge on any atom is 0.0916 e. The SMILES string of the molecule is COCCN(CC(C)C)CC(O)c1ccc(CN)cc1. The quantitative estimate of drug-likeness (QED) is 0.724. The maximum absolute atomic E-state index is 10.4. The van der Waals surface area contributed by atoms with E-state index in [9.17, 15) is 5.11 Å². The van der Waals surface area contributed by atoms with Gasteiger partial charge in [-0.25, -0.2) is 0 Å². The molecule has 1 unspecified atom stereocenters. The van der Waals surface area contributed by atoms with Crippen molar-refractivity contribution in [2.45, 2.75) is 26.5 Å². The molecule has 0 heterocycles. The van der Waals surface area contributed by atoms with Gasteiger partial charge in [-0.2, -0.15) is 0 Å². The van der Waals surface area contributed by atoms with Gasteiger partial charge in [-0.3, -0.25) is 4.90 Å². The van der Waals surface area contributed by atoms with Gasteiger partial charge in [-0.05, 0) is 17.0 Å². The molecule has 0 aliphatic carbocycles. The lowest BCUT2D eigenvalue weighted by Crippen LogP contribution is -2.34. The fraction of sp³-hybridized carbons (Fsp3) is 0.625. The summed E-state index contributed by atoms with van der Waals surface area (Å²) in [5, 5.41) is 10.4. The summed E-state index contributed by atoms with van der Waals surface area (Å²) in [6.45, 7) is 8.01. The van der Waals surface area contributed by atoms with Crippen molar-refractivity contribution >= 4 is 0 Å². The Morgan fingerprint density at radius 2 is 1.85 bits per heavy atom. The Labute approximate surface area is 122 Å². The fourth-order valence-corrected chi connectivity index (χ4v) is 2.22. The monoisotopic (exact) mass is 280 g/mol. The van der Waals surface area contributed by atoms with Gasteiger partial charge in [0, 0.05) is 33.3 Å². The van der Waals surface area contributed by atoms with Crippen LogP contribution in [0.1, 0.15) is 31.1 Å². The van der Waals surface area contributed by atoms with Gasteiger partial charge in [0.2, 0.25) is 0 Å². The maximum atomic E-state index is 10.4. The van der Waals surface area contributed by atoms with E-state index >= 15 is 0 Å². The van der Waals surface area contributed by atoms with E-state index in [-0.39, 0.29) is 0 Å². The zero-order valence-electron chi connectivity index (χ0n) is 12.9. The molecule has 0 saturated carbocycles. The van der Waals surface area contributed by atoms with E-state index in [1.54, 1.807) is 7.11 Å². The van der Waals surface area contributed by atoms with Crippen molar-refractivity contribution in [3.63, 3.8) is 0 Å². The topological polar surface area (TPSA) is 58.7 Å². The molecule has 3 N–H and O–H groups in total. The summed E-state index contributed by atoms with van der Waals surface area (Å²) in [4.78, 5) is 2.25. The van der Waals surface area contributed by atoms with Crippen LogP contribution in [-0.4, -0.2) is 43.4 Å². The van der Waals surface area contributed by atoms with Crippen molar-refractivity contribution in [3.05, 3.63) is 35.4 Å². The Bertz CT molecular complexity index is 365. The number of aliphatic hydroxyl groups excluding tert-OH is 1. The number of hydrogen-bond acceptors (Lipinski definition) is 4. The first-order chi connectivity index (χ1) is 9.56. The summed E-state index contributed by atoms with van der Waals surface area (Å²) in [7, 11) is 1.70. The van der Waals surface area contributed by atoms with Crippen molar-refractivity contribution < 1.29 is 9.84 Å². The minimum atomic E-state index is -0.475. The second-order valence-electron chi connectivity index (χ2n) is 5.61. The van der Waals surface area contributed by atoms with Gasteiger partial charge >= 0.3 is 0 Å². The van der Waals surface area contributed by atoms with Crippen LogP contribution in [-0.2, 0) is 11.3 Å². The first-order valence-corrected chi connectivity index (χ1v) is 7.25. The summed E-state index contributed by atoms with van der Waals surface area (Å²) in [6.07, 6.45) is -0.475. The van der Waals surface area contributed by atoms with Gasteiger partial charge in [0.25, 0.3) is 0 Å². The Morgan fingerprint density at radius 1 is 1.20 bits per heavy atom. The zero-order valence-corrected chi connectivity index (χ0v) is 12.9. The molecule has 1 aromatic carbocycles. The van der Waals surface area contributed by atoms with Crippen molar-refractivity contribution in [2.75, 3.05) is 33.4 Å². The highest BCUT2D eigenvalue weighted by molar-refractivity contribution is 5.24. The third-order valence-corrected chi connectivity index (χ3v) is 3.27. The summed E-state index contributed by atoms with van der Waals surface area (Å²) in [5.74, 6) is 0.568. The van der Waals surface area contributed by atoms with Crippen molar-refractivity contribution in [1.29, 1.82) is 0 Å². The Balaban J connectivity index is 2.60. The van der Waals surface area contributed by atoms with Crippen LogP contribution in [0.3, 0.4) is 0 Å². The molecule has 0 bridgehead atoms. The third-order valence-electron chi connectivity index (χ3n) is 3.27. The standard InChI is InChI=1S/C16H28N2O2/c1-13(2)11-18(8-9-20-3)12-16(19)15-6-4-14(10-17)5-7-15/h4-7,13,16,19H,8-12,17H2,1-3H3. The number of aliphatic hydroxyl groups is 1. The highest BCUT2D eigenvalue weighted by Crippen LogP contribution is 2.16. The molecular formula is C16H28N2O2. The van der Waals surface area contributed by atoms with Gasteiger partial charge in [0.15, 0.2) is 0 Å². The van der Waals surface area contributed by atoms with E-state index in [4.69, 9.17) is 10.5 Å². The number of nitrogens with zero attached hydrogens (tertiary/aromatic N) is 1. The minimum absolute atomic E-state index is 0.475. The largest absolute Gasteiger partial charge is 0.387 e. The highest BCUT2D eigenvalue weighted by Gasteiger charge is 2.14. The Morgan fingerprint density at radius 3 is 2.35 bits per heavy atom. The van der Waals surface area contributed by atoms with Crippen LogP contribution in [0.5, 0.6) is 0 Å². The highest BCUT2D eigenvalue weighted by atomic mass is 16.5. The van der Waals surface area contributed by atoms with Crippen LogP contribution in [0.25, 0.3) is 0 Å². The van der Waals surface area contributed by atoms with Gasteiger partial charge < -0.3 is 15.6 Å². The van der Waals surface area contributed by atoms with Crippen molar-refractivity contribution in [3.8, 4) is 0 Å². The first-order valence-electron chi connectivity index (χ1n) is 7.25. The molecular weight excluding hydrogens is 252 g/mol. The lowest BCUT2D eigenvalue weighted by Gasteiger charge is -2.26. The van der Waals surface area contributed by atoms with Gasteiger partial charge in [-0.15, -0.1) is 0 Å². The van der Waals surface area contributed by atoms with E-state index in [1.807, 2.05) is 24.3 Å². The van der Waals surface area contributed by atoms with Crippen LogP contribution in [0.15, 0.2) is 24.3 Å². The second kappa shape index (κ2) is 9.08. The van der Waals surface area contributed by atoms with Crippen LogP contribution < -0.4 is 5.73 Å². The lowest BCUT2D eigenvalue weighted by molar-refractivity contribution is 0.0825. The molecule has 0 aromatic heterocycles. The molecule has 20 heavy (non-hydrogen) atoms. The number of nitrogens with two attached hydrogens (primary N) is 1. The summed E-state index contributed by atoms with van der Waals surface area (Å²) < 4.78 is 5.13. The predicted molar refractivity (Wildman–Crippen MR) is 82.4 cm³/mol. The van der Waals surface area contributed by atoms with E-state index < -0.39 is 6.10 Å². The van der Waals surface area contributed by atoms with Gasteiger partial charge in [0.05, 0.1) is 12.7 Å². The minimum Gasteiger partial charge on any atom is -0.387 e. The van der Waals surface area contributed by atoms with Crippen LogP contribution >= 0.6 is 0 Å². The molecule has 4 heteroatoms. The molecule has 0 saturated heterocycles. The lowest BCUT2D eigenvalue weighted by atomic mass is 10.1. The van der Waals surface area contributed by atoms with Crippen molar-refractivity contribution in [2.24, 2.45) is 11.7 Å². The smallest absolute Gasteiger partial charge is 0.0916 e. The Kier molecular flexibility index (Phi) is 7.77. The molecule has 0 fully saturated rings.